The van der Waals surface area contributed by atoms with Gasteiger partial charge in [-0.25, -0.2) is 13.4 Å². The highest BCUT2D eigenvalue weighted by atomic mass is 32.2. The Kier molecular flexibility index (Phi) is 4.64. The zero-order valence-corrected chi connectivity index (χ0v) is 16.2. The summed E-state index contributed by atoms with van der Waals surface area (Å²) >= 11 is 0. The average Bonchev–Trinajstić information content (AvgIpc) is 3.30. The number of sulfonamides is 1. The second kappa shape index (κ2) is 6.90. The van der Waals surface area contributed by atoms with Crippen LogP contribution in [-0.2, 0) is 23.2 Å². The Balaban J connectivity index is 1.55. The molecule has 29 heavy (non-hydrogen) atoms. The fraction of sp³-hybridized carbons (Fsp3) is 0.333. The molecule has 11 heteroatoms. The maximum atomic E-state index is 12.9. The molecule has 0 bridgehead atoms. The van der Waals surface area contributed by atoms with Crippen LogP contribution in [0.3, 0.4) is 0 Å². The van der Waals surface area contributed by atoms with E-state index in [9.17, 15) is 21.6 Å². The summed E-state index contributed by atoms with van der Waals surface area (Å²) in [6.07, 6.45) is -1.47. The van der Waals surface area contributed by atoms with Crippen LogP contribution in [0.1, 0.15) is 12.0 Å². The standard InChI is InChI=1S/C18H18F3N5O2S/c1-25-17-12(10-23-25)3-2-4-15(17)24-29(27,28)14-6-8-26(11-14)16-9-13(5-7-22-16)18(19,20)21/h2-5,7,9-10,14,24H,6,8,11H2,1H3. The molecule has 4 rings (SSSR count). The molecule has 3 heterocycles. The molecule has 7 nitrogen and oxygen atoms in total. The van der Waals surface area contributed by atoms with Crippen LogP contribution in [0.4, 0.5) is 24.7 Å². The summed E-state index contributed by atoms with van der Waals surface area (Å²) in [7, 11) is -2.04. The lowest BCUT2D eigenvalue weighted by Crippen LogP contribution is -2.31. The third-order valence-electron chi connectivity index (χ3n) is 4.99. The van der Waals surface area contributed by atoms with E-state index in [1.807, 2.05) is 6.07 Å². The maximum absolute atomic E-state index is 12.9. The van der Waals surface area contributed by atoms with Crippen molar-refractivity contribution >= 4 is 32.4 Å². The normalized spacial score (nSPS) is 17.8. The predicted molar refractivity (Wildman–Crippen MR) is 103 cm³/mol. The molecule has 3 aromatic rings. The number of para-hydroxylation sites is 1. The minimum atomic E-state index is -4.48. The number of halogens is 3. The van der Waals surface area contributed by atoms with E-state index in [4.69, 9.17) is 0 Å². The molecule has 1 unspecified atom stereocenters. The van der Waals surface area contributed by atoms with Crippen LogP contribution in [0.2, 0.25) is 0 Å². The molecule has 1 aromatic carbocycles. The van der Waals surface area contributed by atoms with Gasteiger partial charge in [-0.2, -0.15) is 18.3 Å². The van der Waals surface area contributed by atoms with Crippen molar-refractivity contribution in [2.24, 2.45) is 7.05 Å². The summed E-state index contributed by atoms with van der Waals surface area (Å²) in [6, 6.07) is 7.05. The van der Waals surface area contributed by atoms with Crippen LogP contribution < -0.4 is 9.62 Å². The average molecular weight is 425 g/mol. The van der Waals surface area contributed by atoms with Crippen LogP contribution >= 0.6 is 0 Å². The van der Waals surface area contributed by atoms with Crippen LogP contribution in [0.25, 0.3) is 10.9 Å². The Morgan fingerprint density at radius 2 is 2.03 bits per heavy atom. The highest BCUT2D eigenvalue weighted by Gasteiger charge is 2.36. The van der Waals surface area contributed by atoms with E-state index in [0.717, 1.165) is 23.7 Å². The van der Waals surface area contributed by atoms with Crippen LogP contribution in [-0.4, -0.2) is 41.5 Å². The number of pyridine rings is 1. The zero-order valence-electron chi connectivity index (χ0n) is 15.4. The molecule has 2 aromatic heterocycles. The van der Waals surface area contributed by atoms with Crippen LogP contribution in [0.15, 0.2) is 42.7 Å². The van der Waals surface area contributed by atoms with Gasteiger partial charge in [0, 0.05) is 31.7 Å². The number of nitrogens with zero attached hydrogens (tertiary/aromatic N) is 4. The third-order valence-corrected chi connectivity index (χ3v) is 6.76. The number of benzene rings is 1. The SMILES string of the molecule is Cn1ncc2cccc(NS(=O)(=O)C3CCN(c4cc(C(F)(F)F)ccn4)C3)c21. The molecule has 1 saturated heterocycles. The number of aromatic nitrogens is 3. The maximum Gasteiger partial charge on any atom is 0.416 e. The molecule has 1 aliphatic heterocycles. The van der Waals surface area contributed by atoms with E-state index in [1.54, 1.807) is 35.0 Å². The van der Waals surface area contributed by atoms with E-state index >= 15 is 0 Å². The van der Waals surface area contributed by atoms with Gasteiger partial charge in [-0.1, -0.05) is 12.1 Å². The lowest BCUT2D eigenvalue weighted by Gasteiger charge is -2.19. The minimum absolute atomic E-state index is 0.0605. The van der Waals surface area contributed by atoms with E-state index in [-0.39, 0.29) is 18.8 Å². The number of aryl methyl sites for hydroxylation is 1. The Bertz CT molecular complexity index is 1160. The van der Waals surface area contributed by atoms with Gasteiger partial charge in [-0.15, -0.1) is 0 Å². The lowest BCUT2D eigenvalue weighted by atomic mass is 10.2. The minimum Gasteiger partial charge on any atom is -0.355 e. The Hall–Kier alpha value is -2.82. The molecular weight excluding hydrogens is 407 g/mol. The van der Waals surface area contributed by atoms with Crippen molar-refractivity contribution in [3.63, 3.8) is 0 Å². The first-order valence-corrected chi connectivity index (χ1v) is 10.4. The number of fused-ring (bicyclic) bond motifs is 1. The quantitative estimate of drug-likeness (QED) is 0.695. The molecular formula is C18H18F3N5O2S. The monoisotopic (exact) mass is 425 g/mol. The van der Waals surface area contributed by atoms with Crippen molar-refractivity contribution < 1.29 is 21.6 Å². The second-order valence-corrected chi connectivity index (χ2v) is 8.88. The highest BCUT2D eigenvalue weighted by Crippen LogP contribution is 2.32. The number of hydrogen-bond donors (Lipinski definition) is 1. The second-order valence-electron chi connectivity index (χ2n) is 6.92. The molecule has 0 radical (unpaired) electrons. The summed E-state index contributed by atoms with van der Waals surface area (Å²) in [5.41, 5.74) is 0.262. The molecule has 154 valence electrons. The van der Waals surface area contributed by atoms with Gasteiger partial charge in [0.1, 0.15) is 5.82 Å². The van der Waals surface area contributed by atoms with Gasteiger partial charge in [0.15, 0.2) is 0 Å². The van der Waals surface area contributed by atoms with Gasteiger partial charge < -0.3 is 4.90 Å². The van der Waals surface area contributed by atoms with E-state index in [2.05, 4.69) is 14.8 Å². The molecule has 1 N–H and O–H groups in total. The van der Waals surface area contributed by atoms with Gasteiger partial charge in [-0.05, 0) is 24.6 Å². The van der Waals surface area contributed by atoms with Gasteiger partial charge in [0.25, 0.3) is 0 Å². The smallest absolute Gasteiger partial charge is 0.355 e. The summed E-state index contributed by atoms with van der Waals surface area (Å²) in [5, 5.41) is 4.16. The predicted octanol–water partition coefficient (Wildman–Crippen LogP) is 3.01. The van der Waals surface area contributed by atoms with Gasteiger partial charge in [0.05, 0.1) is 28.2 Å². The first kappa shape index (κ1) is 19.5. The van der Waals surface area contributed by atoms with Gasteiger partial charge in [0.2, 0.25) is 10.0 Å². The molecule has 0 amide bonds. The molecule has 0 saturated carbocycles. The van der Waals surface area contributed by atoms with E-state index < -0.39 is 27.0 Å². The number of rotatable bonds is 4. The Morgan fingerprint density at radius 1 is 1.24 bits per heavy atom. The van der Waals surface area contributed by atoms with Crippen LogP contribution in [0, 0.1) is 0 Å². The van der Waals surface area contributed by atoms with Crippen molar-refractivity contribution in [2.45, 2.75) is 17.8 Å². The fourth-order valence-electron chi connectivity index (χ4n) is 3.51. The van der Waals surface area contributed by atoms with Crippen LogP contribution in [0.5, 0.6) is 0 Å². The Morgan fingerprint density at radius 3 is 2.79 bits per heavy atom. The summed E-state index contributed by atoms with van der Waals surface area (Å²) < 4.78 is 68.8. The molecule has 0 aliphatic carbocycles. The fourth-order valence-corrected chi connectivity index (χ4v) is 4.94. The van der Waals surface area contributed by atoms with Crippen molar-refractivity contribution in [3.8, 4) is 0 Å². The number of hydrogen-bond acceptors (Lipinski definition) is 5. The first-order valence-electron chi connectivity index (χ1n) is 8.86. The topological polar surface area (TPSA) is 80.1 Å². The Labute approximate surface area is 165 Å². The third kappa shape index (κ3) is 3.74. The number of nitrogens with one attached hydrogen (secondary N) is 1. The highest BCUT2D eigenvalue weighted by molar-refractivity contribution is 7.93. The molecule has 1 aliphatic rings. The van der Waals surface area contributed by atoms with Gasteiger partial charge >= 0.3 is 6.18 Å². The summed E-state index contributed by atoms with van der Waals surface area (Å²) in [4.78, 5) is 5.54. The molecule has 0 spiro atoms. The summed E-state index contributed by atoms with van der Waals surface area (Å²) in [5.74, 6) is 0.117. The van der Waals surface area contributed by atoms with Gasteiger partial charge in [-0.3, -0.25) is 9.40 Å². The van der Waals surface area contributed by atoms with E-state index in [1.165, 1.54) is 0 Å². The van der Waals surface area contributed by atoms with Crippen molar-refractivity contribution in [1.29, 1.82) is 0 Å². The molecule has 1 atom stereocenters. The number of anilines is 2. The number of alkyl halides is 3. The van der Waals surface area contributed by atoms with Crippen molar-refractivity contribution in [1.82, 2.24) is 14.8 Å². The summed E-state index contributed by atoms with van der Waals surface area (Å²) in [6.45, 7) is 0.362. The first-order chi connectivity index (χ1) is 13.6. The lowest BCUT2D eigenvalue weighted by molar-refractivity contribution is -0.137. The molecule has 1 fully saturated rings. The zero-order chi connectivity index (χ0) is 20.8. The van der Waals surface area contributed by atoms with Crippen molar-refractivity contribution in [3.05, 3.63) is 48.3 Å². The van der Waals surface area contributed by atoms with E-state index in [0.29, 0.717) is 17.7 Å². The largest absolute Gasteiger partial charge is 0.416 e. The van der Waals surface area contributed by atoms with Crippen molar-refractivity contribution in [2.75, 3.05) is 22.7 Å².